The summed E-state index contributed by atoms with van der Waals surface area (Å²) in [7, 11) is 0. The van der Waals surface area contributed by atoms with Crippen LogP contribution in [0.25, 0.3) is 0 Å². The van der Waals surface area contributed by atoms with Gasteiger partial charge < -0.3 is 4.52 Å². The normalized spacial score (nSPS) is 20.0. The summed E-state index contributed by atoms with van der Waals surface area (Å²) in [5.74, 6) is 2.28. The first kappa shape index (κ1) is 12.3. The Balaban J connectivity index is 1.64. The van der Waals surface area contributed by atoms with E-state index in [1.807, 2.05) is 32.2 Å². The zero-order valence-corrected chi connectivity index (χ0v) is 11.3. The van der Waals surface area contributed by atoms with E-state index in [4.69, 9.17) is 4.52 Å². The van der Waals surface area contributed by atoms with Crippen LogP contribution in [0.4, 0.5) is 0 Å². The van der Waals surface area contributed by atoms with Gasteiger partial charge in [-0.2, -0.15) is 0 Å². The summed E-state index contributed by atoms with van der Waals surface area (Å²) in [4.78, 5) is 11.3. The van der Waals surface area contributed by atoms with Gasteiger partial charge in [0.05, 0.1) is 5.69 Å². The van der Waals surface area contributed by atoms with E-state index in [-0.39, 0.29) is 0 Å². The average molecular weight is 258 g/mol. The van der Waals surface area contributed by atoms with Crippen LogP contribution >= 0.6 is 0 Å². The summed E-state index contributed by atoms with van der Waals surface area (Å²) in [6, 6.07) is 3.94. The van der Waals surface area contributed by atoms with Gasteiger partial charge in [0, 0.05) is 37.0 Å². The molecule has 19 heavy (non-hydrogen) atoms. The molecule has 1 saturated heterocycles. The van der Waals surface area contributed by atoms with Crippen molar-refractivity contribution in [3.8, 4) is 0 Å². The maximum absolute atomic E-state index is 5.10. The molecule has 2 aromatic heterocycles. The van der Waals surface area contributed by atoms with Crippen molar-refractivity contribution in [3.63, 3.8) is 0 Å². The Labute approximate surface area is 112 Å². The minimum Gasteiger partial charge on any atom is -0.361 e. The summed E-state index contributed by atoms with van der Waals surface area (Å²) in [5.41, 5.74) is 2.04. The minimum absolute atomic E-state index is 0.438. The summed E-state index contributed by atoms with van der Waals surface area (Å²) in [6.45, 7) is 6.84. The molecular weight excluding hydrogens is 240 g/mol. The molecule has 3 heterocycles. The van der Waals surface area contributed by atoms with Gasteiger partial charge in [-0.1, -0.05) is 5.16 Å². The summed E-state index contributed by atoms with van der Waals surface area (Å²) in [6.07, 6.45) is 2.96. The van der Waals surface area contributed by atoms with E-state index < -0.39 is 0 Å². The van der Waals surface area contributed by atoms with Crippen LogP contribution in [0.5, 0.6) is 0 Å². The molecule has 0 aromatic carbocycles. The lowest BCUT2D eigenvalue weighted by Gasteiger charge is -2.13. The lowest BCUT2D eigenvalue weighted by Crippen LogP contribution is -2.20. The molecule has 0 spiro atoms. The van der Waals surface area contributed by atoms with Crippen LogP contribution in [0.3, 0.4) is 0 Å². The fourth-order valence-corrected chi connectivity index (χ4v) is 2.57. The van der Waals surface area contributed by atoms with E-state index >= 15 is 0 Å². The molecule has 1 atom stereocenters. The molecule has 2 aromatic rings. The maximum atomic E-state index is 5.10. The molecule has 1 aliphatic rings. The van der Waals surface area contributed by atoms with Crippen molar-refractivity contribution in [3.05, 3.63) is 41.3 Å². The molecule has 0 radical (unpaired) electrons. The van der Waals surface area contributed by atoms with Gasteiger partial charge in [0.2, 0.25) is 0 Å². The van der Waals surface area contributed by atoms with Crippen LogP contribution < -0.4 is 0 Å². The number of likely N-dealkylation sites (tertiary alicyclic amines) is 1. The van der Waals surface area contributed by atoms with Crippen LogP contribution in [0, 0.1) is 13.8 Å². The summed E-state index contributed by atoms with van der Waals surface area (Å²) in [5, 5.41) is 4.04. The highest BCUT2D eigenvalue weighted by Gasteiger charge is 2.26. The Morgan fingerprint density at radius 1 is 1.42 bits per heavy atom. The van der Waals surface area contributed by atoms with Crippen molar-refractivity contribution >= 4 is 0 Å². The molecule has 0 saturated carbocycles. The lowest BCUT2D eigenvalue weighted by molar-refractivity contribution is 0.307. The van der Waals surface area contributed by atoms with E-state index in [1.165, 1.54) is 0 Å². The van der Waals surface area contributed by atoms with E-state index in [0.29, 0.717) is 5.92 Å². The molecule has 5 heteroatoms. The SMILES string of the molecule is Cc1ccnc([C@@H]2CCN(Cc3cc(C)on3)C2)n1. The van der Waals surface area contributed by atoms with Gasteiger partial charge in [0.1, 0.15) is 11.6 Å². The van der Waals surface area contributed by atoms with Gasteiger partial charge in [0.15, 0.2) is 0 Å². The first-order chi connectivity index (χ1) is 9.20. The largest absolute Gasteiger partial charge is 0.361 e. The molecule has 5 nitrogen and oxygen atoms in total. The minimum atomic E-state index is 0.438. The van der Waals surface area contributed by atoms with Crippen molar-refractivity contribution in [2.45, 2.75) is 32.7 Å². The molecule has 0 aliphatic carbocycles. The zero-order valence-electron chi connectivity index (χ0n) is 11.3. The number of aromatic nitrogens is 3. The Bertz CT molecular complexity index is 566. The standard InChI is InChI=1S/C14H18N4O/c1-10-3-5-15-14(16-10)12-4-6-18(8-12)9-13-7-11(2)19-17-13/h3,5,7,12H,4,6,8-9H2,1-2H3/t12-/m1/s1. The zero-order chi connectivity index (χ0) is 13.2. The number of hydrogen-bond donors (Lipinski definition) is 0. The van der Waals surface area contributed by atoms with Crippen molar-refractivity contribution in [1.82, 2.24) is 20.0 Å². The van der Waals surface area contributed by atoms with Crippen LogP contribution in [-0.4, -0.2) is 33.1 Å². The maximum Gasteiger partial charge on any atom is 0.133 e. The topological polar surface area (TPSA) is 55.1 Å². The van der Waals surface area contributed by atoms with E-state index in [9.17, 15) is 0 Å². The second-order valence-corrected chi connectivity index (χ2v) is 5.21. The second-order valence-electron chi connectivity index (χ2n) is 5.21. The molecule has 3 rings (SSSR count). The Kier molecular flexibility index (Phi) is 3.29. The smallest absolute Gasteiger partial charge is 0.133 e. The van der Waals surface area contributed by atoms with Crippen molar-refractivity contribution in [2.24, 2.45) is 0 Å². The van der Waals surface area contributed by atoms with E-state index in [1.54, 1.807) is 0 Å². The van der Waals surface area contributed by atoms with Crippen molar-refractivity contribution < 1.29 is 4.52 Å². The van der Waals surface area contributed by atoms with Gasteiger partial charge in [0.25, 0.3) is 0 Å². The molecule has 1 aliphatic heterocycles. The monoisotopic (exact) mass is 258 g/mol. The number of aryl methyl sites for hydroxylation is 2. The molecule has 0 N–H and O–H groups in total. The third-order valence-electron chi connectivity index (χ3n) is 3.51. The fourth-order valence-electron chi connectivity index (χ4n) is 2.57. The average Bonchev–Trinajstić information content (AvgIpc) is 2.99. The molecule has 0 unspecified atom stereocenters. The van der Waals surface area contributed by atoms with Gasteiger partial charge >= 0.3 is 0 Å². The van der Waals surface area contributed by atoms with Crippen LogP contribution in [-0.2, 0) is 6.54 Å². The Morgan fingerprint density at radius 2 is 2.32 bits per heavy atom. The third kappa shape index (κ3) is 2.81. The van der Waals surface area contributed by atoms with Gasteiger partial charge in [-0.3, -0.25) is 4.90 Å². The fraction of sp³-hybridized carbons (Fsp3) is 0.500. The summed E-state index contributed by atoms with van der Waals surface area (Å²) >= 11 is 0. The number of hydrogen-bond acceptors (Lipinski definition) is 5. The van der Waals surface area contributed by atoms with Crippen LogP contribution in [0.2, 0.25) is 0 Å². The van der Waals surface area contributed by atoms with Gasteiger partial charge in [-0.05, 0) is 32.9 Å². The van der Waals surface area contributed by atoms with Crippen molar-refractivity contribution in [1.29, 1.82) is 0 Å². The van der Waals surface area contributed by atoms with Gasteiger partial charge in [-0.15, -0.1) is 0 Å². The predicted molar refractivity (Wildman–Crippen MR) is 70.6 cm³/mol. The second kappa shape index (κ2) is 5.09. The number of rotatable bonds is 3. The lowest BCUT2D eigenvalue weighted by atomic mass is 10.1. The third-order valence-corrected chi connectivity index (χ3v) is 3.51. The van der Waals surface area contributed by atoms with Gasteiger partial charge in [-0.25, -0.2) is 9.97 Å². The van der Waals surface area contributed by atoms with E-state index in [2.05, 4.69) is 20.0 Å². The van der Waals surface area contributed by atoms with Crippen LogP contribution in [0.15, 0.2) is 22.9 Å². The highest BCUT2D eigenvalue weighted by molar-refractivity contribution is 5.08. The number of nitrogens with zero attached hydrogens (tertiary/aromatic N) is 4. The van der Waals surface area contributed by atoms with E-state index in [0.717, 1.165) is 49.0 Å². The highest BCUT2D eigenvalue weighted by atomic mass is 16.5. The Hall–Kier alpha value is -1.75. The van der Waals surface area contributed by atoms with Crippen molar-refractivity contribution in [2.75, 3.05) is 13.1 Å². The Morgan fingerprint density at radius 3 is 3.05 bits per heavy atom. The first-order valence-corrected chi connectivity index (χ1v) is 6.65. The van der Waals surface area contributed by atoms with Crippen LogP contribution in [0.1, 0.15) is 35.3 Å². The molecule has 1 fully saturated rings. The molecule has 0 bridgehead atoms. The molecule has 0 amide bonds. The molecule has 100 valence electrons. The summed E-state index contributed by atoms with van der Waals surface area (Å²) < 4.78 is 5.10. The quantitative estimate of drug-likeness (QED) is 0.843. The molecular formula is C14H18N4O. The predicted octanol–water partition coefficient (Wildman–Crippen LogP) is 2.07. The first-order valence-electron chi connectivity index (χ1n) is 6.65. The highest BCUT2D eigenvalue weighted by Crippen LogP contribution is 2.25.